The third kappa shape index (κ3) is 3.25. The van der Waals surface area contributed by atoms with Crippen LogP contribution in [0.2, 0.25) is 0 Å². The summed E-state index contributed by atoms with van der Waals surface area (Å²) in [5.41, 5.74) is 1.82. The van der Waals surface area contributed by atoms with Gasteiger partial charge in [0.25, 0.3) is 5.91 Å². The molecule has 0 aliphatic heterocycles. The van der Waals surface area contributed by atoms with Gasteiger partial charge in [-0.2, -0.15) is 4.99 Å². The van der Waals surface area contributed by atoms with E-state index in [9.17, 15) is 4.79 Å². The maximum Gasteiger partial charge on any atom is 0.253 e. The van der Waals surface area contributed by atoms with E-state index in [0.717, 1.165) is 16.6 Å². The number of fused-ring (bicyclic) bond motifs is 1. The Balaban J connectivity index is 2.68. The van der Waals surface area contributed by atoms with Gasteiger partial charge in [0.15, 0.2) is 4.80 Å². The van der Waals surface area contributed by atoms with Crippen molar-refractivity contribution in [3.63, 3.8) is 0 Å². The smallest absolute Gasteiger partial charge is 0.253 e. The van der Waals surface area contributed by atoms with Crippen LogP contribution in [0.15, 0.2) is 23.2 Å². The molecule has 1 aromatic carbocycles. The lowest BCUT2D eigenvalue weighted by atomic mass is 9.96. The normalized spacial score (nSPS) is 12.6. The summed E-state index contributed by atoms with van der Waals surface area (Å²) < 4.78 is 3.05. The van der Waals surface area contributed by atoms with Crippen LogP contribution in [0, 0.1) is 17.8 Å². The molecule has 3 nitrogen and oxygen atoms in total. The van der Waals surface area contributed by atoms with Crippen molar-refractivity contribution in [3.8, 4) is 12.3 Å². The SMILES string of the molecule is C#CCn1c(=NC(=O)C(C)(C)C)sc2cc(CC)ccc21. The average molecular weight is 300 g/mol. The van der Waals surface area contributed by atoms with Crippen molar-refractivity contribution >= 4 is 27.5 Å². The first-order chi connectivity index (χ1) is 9.86. The minimum absolute atomic E-state index is 0.129. The Labute approximate surface area is 129 Å². The maximum atomic E-state index is 12.2. The van der Waals surface area contributed by atoms with Crippen LogP contribution in [0.3, 0.4) is 0 Å². The van der Waals surface area contributed by atoms with E-state index in [4.69, 9.17) is 6.42 Å². The van der Waals surface area contributed by atoms with Gasteiger partial charge in [0.1, 0.15) is 0 Å². The Morgan fingerprint density at radius 1 is 1.43 bits per heavy atom. The van der Waals surface area contributed by atoms with Gasteiger partial charge >= 0.3 is 0 Å². The van der Waals surface area contributed by atoms with E-state index in [1.165, 1.54) is 16.9 Å². The molecule has 4 heteroatoms. The number of rotatable bonds is 2. The molecule has 2 aromatic rings. The maximum absolute atomic E-state index is 12.2. The molecule has 0 atom stereocenters. The van der Waals surface area contributed by atoms with Gasteiger partial charge in [-0.25, -0.2) is 0 Å². The highest BCUT2D eigenvalue weighted by atomic mass is 32.1. The number of benzene rings is 1. The summed E-state index contributed by atoms with van der Waals surface area (Å²) in [4.78, 5) is 17.1. The van der Waals surface area contributed by atoms with Crippen molar-refractivity contribution in [1.82, 2.24) is 4.57 Å². The average Bonchev–Trinajstić information content (AvgIpc) is 2.75. The van der Waals surface area contributed by atoms with E-state index >= 15 is 0 Å². The quantitative estimate of drug-likeness (QED) is 0.783. The van der Waals surface area contributed by atoms with Gasteiger partial charge in [-0.1, -0.05) is 51.0 Å². The number of thiazole rings is 1. The van der Waals surface area contributed by atoms with Crippen molar-refractivity contribution in [2.24, 2.45) is 10.4 Å². The number of hydrogen-bond donors (Lipinski definition) is 0. The molecule has 2 rings (SSSR count). The van der Waals surface area contributed by atoms with Crippen LogP contribution in [-0.4, -0.2) is 10.5 Å². The number of carbonyl (C=O) groups excluding carboxylic acids is 1. The summed E-state index contributed by atoms with van der Waals surface area (Å²) in [6.45, 7) is 8.15. The number of aromatic nitrogens is 1. The second kappa shape index (κ2) is 5.87. The van der Waals surface area contributed by atoms with Gasteiger partial charge in [0, 0.05) is 5.41 Å². The van der Waals surface area contributed by atoms with Crippen molar-refractivity contribution in [2.45, 2.75) is 40.7 Å². The topological polar surface area (TPSA) is 34.4 Å². The van der Waals surface area contributed by atoms with E-state index in [2.05, 4.69) is 36.0 Å². The van der Waals surface area contributed by atoms with E-state index in [1.807, 2.05) is 25.3 Å². The molecule has 0 radical (unpaired) electrons. The van der Waals surface area contributed by atoms with Crippen LogP contribution in [0.1, 0.15) is 33.3 Å². The molecular weight excluding hydrogens is 280 g/mol. The predicted molar refractivity (Wildman–Crippen MR) is 88.1 cm³/mol. The summed E-state index contributed by atoms with van der Waals surface area (Å²) in [6.07, 6.45) is 6.44. The van der Waals surface area contributed by atoms with Gasteiger partial charge in [-0.05, 0) is 24.1 Å². The highest BCUT2D eigenvalue weighted by Gasteiger charge is 2.21. The van der Waals surface area contributed by atoms with Gasteiger partial charge in [-0.3, -0.25) is 4.79 Å². The van der Waals surface area contributed by atoms with Crippen LogP contribution in [-0.2, 0) is 17.8 Å². The Morgan fingerprint density at radius 3 is 2.71 bits per heavy atom. The largest absolute Gasteiger partial charge is 0.305 e. The fourth-order valence-electron chi connectivity index (χ4n) is 1.92. The van der Waals surface area contributed by atoms with E-state index < -0.39 is 5.41 Å². The molecule has 0 aliphatic rings. The van der Waals surface area contributed by atoms with E-state index in [-0.39, 0.29) is 5.91 Å². The van der Waals surface area contributed by atoms with Crippen LogP contribution < -0.4 is 4.80 Å². The molecule has 21 heavy (non-hydrogen) atoms. The molecule has 0 spiro atoms. The molecule has 0 bridgehead atoms. The first kappa shape index (κ1) is 15.5. The van der Waals surface area contributed by atoms with Gasteiger partial charge in [0.2, 0.25) is 0 Å². The number of carbonyl (C=O) groups is 1. The van der Waals surface area contributed by atoms with Crippen LogP contribution in [0.25, 0.3) is 10.2 Å². The Hall–Kier alpha value is -1.86. The third-order valence-electron chi connectivity index (χ3n) is 3.24. The zero-order valence-corrected chi connectivity index (χ0v) is 13.8. The molecule has 0 saturated carbocycles. The molecule has 0 aliphatic carbocycles. The number of nitrogens with zero attached hydrogens (tertiary/aromatic N) is 2. The lowest BCUT2D eigenvalue weighted by Crippen LogP contribution is -2.23. The minimum Gasteiger partial charge on any atom is -0.305 e. The highest BCUT2D eigenvalue weighted by Crippen LogP contribution is 2.20. The first-order valence-corrected chi connectivity index (χ1v) is 7.83. The Kier molecular flexibility index (Phi) is 4.34. The Bertz CT molecular complexity index is 782. The van der Waals surface area contributed by atoms with Gasteiger partial charge in [0.05, 0.1) is 16.8 Å². The molecule has 1 amide bonds. The van der Waals surface area contributed by atoms with Crippen molar-refractivity contribution in [2.75, 3.05) is 0 Å². The molecule has 0 fully saturated rings. The minimum atomic E-state index is -0.487. The third-order valence-corrected chi connectivity index (χ3v) is 4.28. The lowest BCUT2D eigenvalue weighted by molar-refractivity contribution is -0.125. The Morgan fingerprint density at radius 2 is 2.14 bits per heavy atom. The summed E-state index contributed by atoms with van der Waals surface area (Å²) in [5.74, 6) is 2.51. The second-order valence-corrected chi connectivity index (χ2v) is 7.01. The zero-order valence-electron chi connectivity index (χ0n) is 12.9. The van der Waals surface area contributed by atoms with Crippen molar-refractivity contribution in [3.05, 3.63) is 28.6 Å². The molecule has 110 valence electrons. The summed E-state index contributed by atoms with van der Waals surface area (Å²) in [6, 6.07) is 6.30. The fourth-order valence-corrected chi connectivity index (χ4v) is 3.01. The number of terminal acetylenes is 1. The lowest BCUT2D eigenvalue weighted by Gasteiger charge is -2.11. The monoisotopic (exact) mass is 300 g/mol. The van der Waals surface area contributed by atoms with Crippen LogP contribution in [0.5, 0.6) is 0 Å². The molecule has 0 unspecified atom stereocenters. The summed E-state index contributed by atoms with van der Waals surface area (Å²) >= 11 is 1.52. The fraction of sp³-hybridized carbons (Fsp3) is 0.412. The summed E-state index contributed by atoms with van der Waals surface area (Å²) in [7, 11) is 0. The second-order valence-electron chi connectivity index (χ2n) is 6.00. The van der Waals surface area contributed by atoms with E-state index in [1.54, 1.807) is 0 Å². The predicted octanol–water partition coefficient (Wildman–Crippen LogP) is 3.37. The molecule has 1 aromatic heterocycles. The molecule has 1 heterocycles. The van der Waals surface area contributed by atoms with E-state index in [0.29, 0.717) is 11.3 Å². The van der Waals surface area contributed by atoms with Crippen molar-refractivity contribution in [1.29, 1.82) is 0 Å². The summed E-state index contributed by atoms with van der Waals surface area (Å²) in [5, 5.41) is 0. The zero-order chi connectivity index (χ0) is 15.6. The van der Waals surface area contributed by atoms with Crippen molar-refractivity contribution < 1.29 is 4.79 Å². The molecular formula is C17H20N2OS. The van der Waals surface area contributed by atoms with Gasteiger partial charge in [-0.15, -0.1) is 6.42 Å². The molecule has 0 N–H and O–H groups in total. The first-order valence-electron chi connectivity index (χ1n) is 7.01. The van der Waals surface area contributed by atoms with Crippen LogP contribution in [0.4, 0.5) is 0 Å². The number of amides is 1. The number of hydrogen-bond acceptors (Lipinski definition) is 2. The number of aryl methyl sites for hydroxylation is 1. The highest BCUT2D eigenvalue weighted by molar-refractivity contribution is 7.16. The molecule has 0 saturated heterocycles. The van der Waals surface area contributed by atoms with Crippen LogP contribution >= 0.6 is 11.3 Å². The van der Waals surface area contributed by atoms with Gasteiger partial charge < -0.3 is 4.57 Å². The standard InChI is InChI=1S/C17H20N2OS/c1-6-10-19-13-9-8-12(7-2)11-14(13)21-16(19)18-15(20)17(3,4)5/h1,8-9,11H,7,10H2,2-5H3.